The molecule has 10 heteroatoms. The highest BCUT2D eigenvalue weighted by Gasteiger charge is 2.30. The number of carbonyl (C=O) groups is 1. The molecule has 1 aromatic heterocycles. The molecular formula is C18H15F3N5O2-. The van der Waals surface area contributed by atoms with E-state index in [0.717, 1.165) is 17.7 Å². The van der Waals surface area contributed by atoms with E-state index in [1.807, 2.05) is 0 Å². The van der Waals surface area contributed by atoms with Crippen molar-refractivity contribution in [3.8, 4) is 5.75 Å². The van der Waals surface area contributed by atoms with Crippen LogP contribution < -0.4 is 15.2 Å². The number of rotatable bonds is 6. The molecule has 0 aliphatic heterocycles. The van der Waals surface area contributed by atoms with Gasteiger partial charge in [-0.05, 0) is 42.3 Å². The normalized spacial score (nSPS) is 12.4. The summed E-state index contributed by atoms with van der Waals surface area (Å²) in [4.78, 5) is 12.7. The molecule has 0 saturated heterocycles. The molecule has 0 aliphatic carbocycles. The summed E-state index contributed by atoms with van der Waals surface area (Å²) < 4.78 is 43.7. The average molecular weight is 390 g/mol. The molecule has 0 fully saturated rings. The average Bonchev–Trinajstić information content (AvgIpc) is 3.20. The number of benzene rings is 2. The van der Waals surface area contributed by atoms with E-state index in [2.05, 4.69) is 25.9 Å². The van der Waals surface area contributed by atoms with Crippen LogP contribution in [0.5, 0.6) is 5.75 Å². The lowest BCUT2D eigenvalue weighted by atomic mass is 9.97. The zero-order chi connectivity index (χ0) is 20.1. The first-order chi connectivity index (χ1) is 13.4. The van der Waals surface area contributed by atoms with Gasteiger partial charge in [0.2, 0.25) is 5.91 Å². The maximum Gasteiger partial charge on any atom is 0.416 e. The molecule has 3 rings (SSSR count). The molecule has 28 heavy (non-hydrogen) atoms. The number of tetrazole rings is 1. The van der Waals surface area contributed by atoms with E-state index in [1.54, 1.807) is 24.3 Å². The van der Waals surface area contributed by atoms with Crippen LogP contribution in [-0.2, 0) is 17.4 Å². The van der Waals surface area contributed by atoms with E-state index >= 15 is 0 Å². The summed E-state index contributed by atoms with van der Waals surface area (Å²) in [5.41, 5.74) is -0.0493. The molecule has 1 atom stereocenters. The van der Waals surface area contributed by atoms with Gasteiger partial charge in [-0.1, -0.05) is 18.2 Å². The van der Waals surface area contributed by atoms with Gasteiger partial charge in [0, 0.05) is 11.5 Å². The molecule has 146 valence electrons. The molecule has 7 nitrogen and oxygen atoms in total. The molecule has 1 heterocycles. The SMILES string of the molecule is COc1ccc(C[C@H](C(=O)Nc2cccc(C(F)(F)F)c2)c2nnn[n-]2)cc1. The van der Waals surface area contributed by atoms with Crippen LogP contribution in [0.4, 0.5) is 18.9 Å². The quantitative estimate of drug-likeness (QED) is 0.696. The van der Waals surface area contributed by atoms with Crippen molar-refractivity contribution in [3.05, 3.63) is 65.5 Å². The van der Waals surface area contributed by atoms with Crippen molar-refractivity contribution in [2.45, 2.75) is 18.5 Å². The molecule has 2 aromatic carbocycles. The van der Waals surface area contributed by atoms with Crippen molar-refractivity contribution in [2.75, 3.05) is 12.4 Å². The highest BCUT2D eigenvalue weighted by Crippen LogP contribution is 2.31. The number of halogens is 3. The highest BCUT2D eigenvalue weighted by molar-refractivity contribution is 5.95. The number of methoxy groups -OCH3 is 1. The summed E-state index contributed by atoms with van der Waals surface area (Å²) in [6.45, 7) is 0. The van der Waals surface area contributed by atoms with Gasteiger partial charge in [-0.25, -0.2) is 0 Å². The van der Waals surface area contributed by atoms with E-state index in [1.165, 1.54) is 19.2 Å². The molecule has 0 bridgehead atoms. The molecular weight excluding hydrogens is 375 g/mol. The fourth-order valence-corrected chi connectivity index (χ4v) is 2.59. The summed E-state index contributed by atoms with van der Waals surface area (Å²) in [6, 6.07) is 11.4. The van der Waals surface area contributed by atoms with Crippen LogP contribution in [0.2, 0.25) is 0 Å². The first kappa shape index (κ1) is 19.3. The summed E-state index contributed by atoms with van der Waals surface area (Å²) in [7, 11) is 1.54. The molecule has 0 unspecified atom stereocenters. The zero-order valence-electron chi connectivity index (χ0n) is 14.6. The van der Waals surface area contributed by atoms with Crippen molar-refractivity contribution in [2.24, 2.45) is 0 Å². The maximum absolute atomic E-state index is 12.9. The number of aromatic nitrogens is 4. The van der Waals surface area contributed by atoms with Crippen molar-refractivity contribution >= 4 is 11.6 Å². The second-order valence-corrected chi connectivity index (χ2v) is 5.91. The maximum atomic E-state index is 12.9. The lowest BCUT2D eigenvalue weighted by Crippen LogP contribution is -2.24. The Hall–Kier alpha value is -3.43. The van der Waals surface area contributed by atoms with Crippen LogP contribution in [0, 0.1) is 0 Å². The topological polar surface area (TPSA) is 91.1 Å². The first-order valence-electron chi connectivity index (χ1n) is 8.16. The predicted octanol–water partition coefficient (Wildman–Crippen LogP) is 2.82. The lowest BCUT2D eigenvalue weighted by molar-refractivity contribution is -0.137. The number of nitrogens with zero attached hydrogens (tertiary/aromatic N) is 4. The Bertz CT molecular complexity index is 927. The Labute approximate surface area is 157 Å². The van der Waals surface area contributed by atoms with Gasteiger partial charge in [0.1, 0.15) is 5.75 Å². The van der Waals surface area contributed by atoms with Crippen LogP contribution >= 0.6 is 0 Å². The molecule has 3 aromatic rings. The number of nitrogens with one attached hydrogen (secondary N) is 1. The molecule has 0 aliphatic rings. The Balaban J connectivity index is 1.81. The fourth-order valence-electron chi connectivity index (χ4n) is 2.59. The minimum absolute atomic E-state index is 0.0204. The van der Waals surface area contributed by atoms with Gasteiger partial charge in [-0.2, -0.15) is 18.4 Å². The van der Waals surface area contributed by atoms with Gasteiger partial charge >= 0.3 is 6.18 Å². The number of anilines is 1. The molecule has 1 N–H and O–H groups in total. The number of carbonyl (C=O) groups excluding carboxylic acids is 1. The number of amides is 1. The summed E-state index contributed by atoms with van der Waals surface area (Å²) >= 11 is 0. The third-order valence-electron chi connectivity index (χ3n) is 4.02. The van der Waals surface area contributed by atoms with Crippen molar-refractivity contribution < 1.29 is 22.7 Å². The van der Waals surface area contributed by atoms with Gasteiger partial charge in [0.05, 0.1) is 18.6 Å². The second-order valence-electron chi connectivity index (χ2n) is 5.91. The Morgan fingerprint density at radius 1 is 1.21 bits per heavy atom. The third kappa shape index (κ3) is 4.64. The van der Waals surface area contributed by atoms with E-state index < -0.39 is 23.6 Å². The minimum atomic E-state index is -4.51. The number of alkyl halides is 3. The van der Waals surface area contributed by atoms with Crippen LogP contribution in [0.1, 0.15) is 22.9 Å². The summed E-state index contributed by atoms with van der Waals surface area (Å²) in [6.07, 6.45) is -4.30. The van der Waals surface area contributed by atoms with Gasteiger partial charge < -0.3 is 15.2 Å². The number of ether oxygens (including phenoxy) is 1. The Morgan fingerprint density at radius 3 is 2.57 bits per heavy atom. The van der Waals surface area contributed by atoms with Crippen molar-refractivity contribution in [1.29, 1.82) is 0 Å². The highest BCUT2D eigenvalue weighted by atomic mass is 19.4. The van der Waals surface area contributed by atoms with Crippen molar-refractivity contribution in [3.63, 3.8) is 0 Å². The summed E-state index contributed by atoms with van der Waals surface area (Å²) in [5, 5.41) is 16.7. The largest absolute Gasteiger partial charge is 0.497 e. The zero-order valence-corrected chi connectivity index (χ0v) is 14.6. The molecule has 1 amide bonds. The number of hydrogen-bond donors (Lipinski definition) is 1. The van der Waals surface area contributed by atoms with Crippen LogP contribution in [-0.4, -0.2) is 28.5 Å². The smallest absolute Gasteiger partial charge is 0.416 e. The lowest BCUT2D eigenvalue weighted by Gasteiger charge is -2.18. The molecule has 0 spiro atoms. The summed E-state index contributed by atoms with van der Waals surface area (Å²) in [5.74, 6) is -0.704. The third-order valence-corrected chi connectivity index (χ3v) is 4.02. The van der Waals surface area contributed by atoms with Gasteiger partial charge in [0.25, 0.3) is 0 Å². The van der Waals surface area contributed by atoms with E-state index in [-0.39, 0.29) is 17.9 Å². The van der Waals surface area contributed by atoms with Gasteiger partial charge in [0.15, 0.2) is 0 Å². The number of hydrogen-bond acceptors (Lipinski definition) is 5. The van der Waals surface area contributed by atoms with Gasteiger partial charge in [-0.3, -0.25) is 15.1 Å². The minimum Gasteiger partial charge on any atom is -0.497 e. The van der Waals surface area contributed by atoms with E-state index in [0.29, 0.717) is 5.75 Å². The Kier molecular flexibility index (Phi) is 5.57. The fraction of sp³-hybridized carbons (Fsp3) is 0.222. The van der Waals surface area contributed by atoms with Crippen molar-refractivity contribution in [1.82, 2.24) is 20.6 Å². The first-order valence-corrected chi connectivity index (χ1v) is 8.16. The van der Waals surface area contributed by atoms with E-state index in [4.69, 9.17) is 4.74 Å². The van der Waals surface area contributed by atoms with E-state index in [9.17, 15) is 18.0 Å². The standard InChI is InChI=1S/C18H16F3N5O2/c1-28-14-7-5-11(6-8-14)9-15(16-23-25-26-24-16)17(27)22-13-4-2-3-12(10-13)18(19,20)21/h2-8,10,15H,9H2,1H3,(H2,22,23,24,25,26,27)/p-1/t15-/m0/s1. The predicted molar refractivity (Wildman–Crippen MR) is 92.7 cm³/mol. The Morgan fingerprint density at radius 2 is 1.96 bits per heavy atom. The molecule has 0 saturated carbocycles. The monoisotopic (exact) mass is 390 g/mol. The van der Waals surface area contributed by atoms with Crippen LogP contribution in [0.25, 0.3) is 0 Å². The van der Waals surface area contributed by atoms with Crippen LogP contribution in [0.3, 0.4) is 0 Å². The van der Waals surface area contributed by atoms with Gasteiger partial charge in [-0.15, -0.1) is 0 Å². The van der Waals surface area contributed by atoms with Crippen LogP contribution in [0.15, 0.2) is 48.5 Å². The second kappa shape index (κ2) is 8.07. The molecule has 0 radical (unpaired) electrons.